The standard InChI is InChI=1S/C8H6F3NO5S/c9-8(10,11)18(16,17)4-1-3-2-5(13)12(3)6(4)7(14)15/h3H,1-2H2,(H,14,15)/p-1/t3-/m1/s1. The van der Waals surface area contributed by atoms with E-state index in [1.807, 2.05) is 0 Å². The molecule has 1 fully saturated rings. The highest BCUT2D eigenvalue weighted by Crippen LogP contribution is 2.44. The molecule has 2 heterocycles. The van der Waals surface area contributed by atoms with Gasteiger partial charge in [0.25, 0.3) is 9.84 Å². The van der Waals surface area contributed by atoms with Crippen molar-refractivity contribution in [2.24, 2.45) is 0 Å². The van der Waals surface area contributed by atoms with Crippen LogP contribution in [0.5, 0.6) is 0 Å². The van der Waals surface area contributed by atoms with Gasteiger partial charge in [-0.1, -0.05) is 0 Å². The van der Waals surface area contributed by atoms with Crippen LogP contribution in [0.3, 0.4) is 0 Å². The van der Waals surface area contributed by atoms with E-state index in [0.29, 0.717) is 4.90 Å². The summed E-state index contributed by atoms with van der Waals surface area (Å²) in [7, 11) is -5.75. The second-order valence-corrected chi connectivity index (χ2v) is 5.80. The summed E-state index contributed by atoms with van der Waals surface area (Å²) in [5.41, 5.74) is -6.79. The van der Waals surface area contributed by atoms with E-state index >= 15 is 0 Å². The molecule has 1 atom stereocenters. The van der Waals surface area contributed by atoms with Gasteiger partial charge < -0.3 is 14.8 Å². The number of carbonyl (C=O) groups excluding carboxylic acids is 2. The Bertz CT molecular complexity index is 576. The Morgan fingerprint density at radius 2 is 1.89 bits per heavy atom. The number of nitrogens with zero attached hydrogens (tertiary/aromatic N) is 1. The molecule has 1 saturated heterocycles. The molecule has 0 aromatic carbocycles. The number of fused-ring (bicyclic) bond motifs is 1. The van der Waals surface area contributed by atoms with Crippen molar-refractivity contribution in [2.45, 2.75) is 24.4 Å². The second-order valence-electron chi connectivity index (χ2n) is 3.83. The molecule has 2 aliphatic heterocycles. The first-order chi connectivity index (χ1) is 8.07. The topological polar surface area (TPSA) is 94.6 Å². The van der Waals surface area contributed by atoms with Crippen LogP contribution in [0, 0.1) is 0 Å². The Hall–Kier alpha value is -1.58. The summed E-state index contributed by atoms with van der Waals surface area (Å²) in [5, 5.41) is 10.7. The highest BCUT2D eigenvalue weighted by atomic mass is 32.2. The van der Waals surface area contributed by atoms with Crippen LogP contribution in [0.4, 0.5) is 13.2 Å². The summed E-state index contributed by atoms with van der Waals surface area (Å²) in [6, 6.07) is -0.836. The Morgan fingerprint density at radius 1 is 1.33 bits per heavy atom. The molecule has 0 aromatic rings. The number of hydrogen-bond acceptors (Lipinski definition) is 5. The largest absolute Gasteiger partial charge is 0.543 e. The molecule has 0 spiro atoms. The van der Waals surface area contributed by atoms with Gasteiger partial charge in [-0.3, -0.25) is 4.79 Å². The normalized spacial score (nSPS) is 24.1. The third-order valence-corrected chi connectivity index (χ3v) is 4.41. The molecular weight excluding hydrogens is 279 g/mol. The molecule has 2 aliphatic rings. The maximum absolute atomic E-state index is 12.4. The minimum atomic E-state index is -5.75. The number of hydrogen-bond donors (Lipinski definition) is 0. The smallest absolute Gasteiger partial charge is 0.501 e. The van der Waals surface area contributed by atoms with E-state index in [2.05, 4.69) is 0 Å². The number of sulfone groups is 1. The molecule has 0 unspecified atom stereocenters. The fraction of sp³-hybridized carbons (Fsp3) is 0.500. The van der Waals surface area contributed by atoms with Crippen LogP contribution in [-0.2, 0) is 19.4 Å². The van der Waals surface area contributed by atoms with E-state index in [1.165, 1.54) is 0 Å². The van der Waals surface area contributed by atoms with Crippen molar-refractivity contribution in [3.05, 3.63) is 10.6 Å². The maximum atomic E-state index is 12.4. The van der Waals surface area contributed by atoms with Gasteiger partial charge in [0.1, 0.15) is 0 Å². The number of alkyl halides is 3. The van der Waals surface area contributed by atoms with E-state index in [-0.39, 0.29) is 6.42 Å². The number of carbonyl (C=O) groups is 2. The summed E-state index contributed by atoms with van der Waals surface area (Å²) in [5.74, 6) is -2.83. The molecular formula is C8H5F3NO5S-. The lowest BCUT2D eigenvalue weighted by molar-refractivity contribution is -0.301. The van der Waals surface area contributed by atoms with Crippen molar-refractivity contribution in [1.29, 1.82) is 0 Å². The van der Waals surface area contributed by atoms with Crippen molar-refractivity contribution in [3.63, 3.8) is 0 Å². The summed E-state index contributed by atoms with van der Waals surface area (Å²) >= 11 is 0. The van der Waals surface area contributed by atoms with Crippen molar-refractivity contribution >= 4 is 21.7 Å². The first-order valence-corrected chi connectivity index (χ1v) is 6.13. The molecule has 1 amide bonds. The number of rotatable bonds is 2. The van der Waals surface area contributed by atoms with Gasteiger partial charge in [-0.2, -0.15) is 13.2 Å². The maximum Gasteiger partial charge on any atom is 0.501 e. The van der Waals surface area contributed by atoms with Crippen LogP contribution < -0.4 is 5.11 Å². The summed E-state index contributed by atoms with van der Waals surface area (Å²) < 4.78 is 59.4. The molecule has 6 nitrogen and oxygen atoms in total. The Balaban J connectivity index is 2.58. The number of β-lactam (4-membered cyclic amide) rings is 1. The minimum absolute atomic E-state index is 0.173. The third kappa shape index (κ3) is 1.51. The molecule has 100 valence electrons. The van der Waals surface area contributed by atoms with Crippen LogP contribution in [0.2, 0.25) is 0 Å². The molecule has 0 N–H and O–H groups in total. The van der Waals surface area contributed by atoms with Gasteiger partial charge in [0.05, 0.1) is 22.6 Å². The van der Waals surface area contributed by atoms with Gasteiger partial charge in [0, 0.05) is 12.8 Å². The van der Waals surface area contributed by atoms with Crippen molar-refractivity contribution in [2.75, 3.05) is 0 Å². The SMILES string of the molecule is O=C([O-])C1=C(S(=O)(=O)C(F)(F)F)C[C@@H]2CC(=O)N12. The van der Waals surface area contributed by atoms with Gasteiger partial charge in [0.15, 0.2) is 0 Å². The molecule has 0 aromatic heterocycles. The number of carboxylic acids is 1. The lowest BCUT2D eigenvalue weighted by Gasteiger charge is -2.36. The first-order valence-electron chi connectivity index (χ1n) is 4.65. The number of aliphatic carboxylic acids is 1. The highest BCUT2D eigenvalue weighted by Gasteiger charge is 2.56. The van der Waals surface area contributed by atoms with E-state index in [4.69, 9.17) is 0 Å². The lowest BCUT2D eigenvalue weighted by Crippen LogP contribution is -2.51. The van der Waals surface area contributed by atoms with Crippen molar-refractivity contribution in [1.82, 2.24) is 4.90 Å². The lowest BCUT2D eigenvalue weighted by atomic mass is 10.0. The zero-order valence-electron chi connectivity index (χ0n) is 8.52. The summed E-state index contributed by atoms with van der Waals surface area (Å²) in [4.78, 5) is 21.0. The predicted molar refractivity (Wildman–Crippen MR) is 46.9 cm³/mol. The quantitative estimate of drug-likeness (QED) is 0.599. The molecule has 10 heteroatoms. The predicted octanol–water partition coefficient (Wildman–Crippen LogP) is -1.11. The third-order valence-electron chi connectivity index (χ3n) is 2.79. The van der Waals surface area contributed by atoms with E-state index < -0.39 is 50.3 Å². The number of halogens is 3. The van der Waals surface area contributed by atoms with E-state index in [0.717, 1.165) is 0 Å². The van der Waals surface area contributed by atoms with Gasteiger partial charge in [-0.25, -0.2) is 8.42 Å². The van der Waals surface area contributed by atoms with Crippen LogP contribution in [0.25, 0.3) is 0 Å². The van der Waals surface area contributed by atoms with Crippen LogP contribution in [-0.4, -0.2) is 36.7 Å². The fourth-order valence-electron chi connectivity index (χ4n) is 1.99. The van der Waals surface area contributed by atoms with Gasteiger partial charge in [-0.05, 0) is 0 Å². The molecule has 0 bridgehead atoms. The van der Waals surface area contributed by atoms with Crippen molar-refractivity contribution in [3.8, 4) is 0 Å². The summed E-state index contributed by atoms with van der Waals surface area (Å²) in [6.45, 7) is 0. The Morgan fingerprint density at radius 3 is 2.28 bits per heavy atom. The number of carboxylic acid groups (broad SMARTS) is 1. The molecule has 2 rings (SSSR count). The van der Waals surface area contributed by atoms with Gasteiger partial charge in [-0.15, -0.1) is 0 Å². The Labute approximate surface area is 98.6 Å². The molecule has 18 heavy (non-hydrogen) atoms. The molecule has 0 saturated carbocycles. The zero-order valence-corrected chi connectivity index (χ0v) is 9.34. The fourth-order valence-corrected chi connectivity index (χ4v) is 3.11. The average molecular weight is 284 g/mol. The van der Waals surface area contributed by atoms with Crippen molar-refractivity contribution < 1.29 is 36.3 Å². The van der Waals surface area contributed by atoms with Gasteiger partial charge >= 0.3 is 5.51 Å². The summed E-state index contributed by atoms with van der Waals surface area (Å²) in [6.07, 6.45) is -0.815. The second kappa shape index (κ2) is 3.46. The zero-order chi connectivity index (χ0) is 13.9. The monoisotopic (exact) mass is 284 g/mol. The first kappa shape index (κ1) is 12.9. The minimum Gasteiger partial charge on any atom is -0.543 e. The van der Waals surface area contributed by atoms with E-state index in [9.17, 15) is 36.3 Å². The van der Waals surface area contributed by atoms with Crippen LogP contribution >= 0.6 is 0 Å². The molecule has 0 radical (unpaired) electrons. The number of amides is 1. The Kier molecular flexibility index (Phi) is 2.48. The highest BCUT2D eigenvalue weighted by molar-refractivity contribution is 7.96. The van der Waals surface area contributed by atoms with Gasteiger partial charge in [0.2, 0.25) is 5.91 Å². The van der Waals surface area contributed by atoms with E-state index in [1.54, 1.807) is 0 Å². The van der Waals surface area contributed by atoms with Crippen LogP contribution in [0.1, 0.15) is 12.8 Å². The van der Waals surface area contributed by atoms with Crippen LogP contribution in [0.15, 0.2) is 10.6 Å². The average Bonchev–Trinajstić information content (AvgIpc) is 2.49. The molecule has 0 aliphatic carbocycles.